The second-order valence-corrected chi connectivity index (χ2v) is 10.4. The van der Waals surface area contributed by atoms with Crippen molar-refractivity contribution in [3.63, 3.8) is 0 Å². The van der Waals surface area contributed by atoms with Crippen LogP contribution in [0.1, 0.15) is 51.4 Å². The summed E-state index contributed by atoms with van der Waals surface area (Å²) in [6, 6.07) is 9.47. The minimum Gasteiger partial charge on any atom is -0.347 e. The highest BCUT2D eigenvalue weighted by molar-refractivity contribution is 5.93. The van der Waals surface area contributed by atoms with E-state index in [1.165, 1.54) is 19.3 Å². The Labute approximate surface area is 184 Å². The first kappa shape index (κ1) is 20.5. The van der Waals surface area contributed by atoms with Crippen molar-refractivity contribution in [3.05, 3.63) is 30.3 Å². The molecule has 1 saturated heterocycles. The van der Waals surface area contributed by atoms with Gasteiger partial charge in [-0.3, -0.25) is 14.4 Å². The van der Waals surface area contributed by atoms with E-state index < -0.39 is 0 Å². The lowest BCUT2D eigenvalue weighted by Gasteiger charge is -2.55. The normalized spacial score (nSPS) is 32.0. The molecule has 1 aliphatic heterocycles. The van der Waals surface area contributed by atoms with Crippen LogP contribution in [-0.4, -0.2) is 42.3 Å². The van der Waals surface area contributed by atoms with Crippen molar-refractivity contribution in [1.29, 1.82) is 0 Å². The monoisotopic (exact) mass is 423 g/mol. The minimum absolute atomic E-state index is 0.0217. The van der Waals surface area contributed by atoms with E-state index in [1.54, 1.807) is 4.90 Å². The molecule has 0 spiro atoms. The highest BCUT2D eigenvalue weighted by Gasteiger charge is 2.54. The Hall–Kier alpha value is -2.37. The molecule has 5 fully saturated rings. The van der Waals surface area contributed by atoms with Crippen molar-refractivity contribution in [2.24, 2.45) is 29.1 Å². The number of piperidine rings is 1. The van der Waals surface area contributed by atoms with Gasteiger partial charge in [0.1, 0.15) is 0 Å². The first-order chi connectivity index (χ1) is 15.0. The number of para-hydroxylation sites is 1. The first-order valence-corrected chi connectivity index (χ1v) is 11.9. The number of anilines is 1. The highest BCUT2D eigenvalue weighted by Crippen LogP contribution is 2.60. The molecule has 6 nitrogen and oxygen atoms in total. The number of benzene rings is 1. The van der Waals surface area contributed by atoms with E-state index in [9.17, 15) is 14.4 Å². The van der Waals surface area contributed by atoms with Gasteiger partial charge in [-0.15, -0.1) is 0 Å². The van der Waals surface area contributed by atoms with Crippen molar-refractivity contribution in [3.8, 4) is 0 Å². The highest BCUT2D eigenvalue weighted by atomic mass is 16.2. The summed E-state index contributed by atoms with van der Waals surface area (Å²) in [6.45, 7) is 1.22. The van der Waals surface area contributed by atoms with Gasteiger partial charge >= 0.3 is 0 Å². The van der Waals surface area contributed by atoms with Gasteiger partial charge in [-0.25, -0.2) is 0 Å². The summed E-state index contributed by atoms with van der Waals surface area (Å²) >= 11 is 0. The third-order valence-corrected chi connectivity index (χ3v) is 8.18. The molecular weight excluding hydrogens is 390 g/mol. The van der Waals surface area contributed by atoms with E-state index in [4.69, 9.17) is 0 Å². The van der Waals surface area contributed by atoms with Crippen molar-refractivity contribution in [1.82, 2.24) is 10.2 Å². The number of amides is 3. The summed E-state index contributed by atoms with van der Waals surface area (Å²) in [5, 5.41) is 5.95. The van der Waals surface area contributed by atoms with Crippen LogP contribution in [0, 0.1) is 29.1 Å². The third-order valence-electron chi connectivity index (χ3n) is 8.18. The maximum absolute atomic E-state index is 13.1. The number of rotatable bonds is 5. The van der Waals surface area contributed by atoms with E-state index in [-0.39, 0.29) is 35.6 Å². The Kier molecular flexibility index (Phi) is 5.49. The zero-order valence-electron chi connectivity index (χ0n) is 18.1. The van der Waals surface area contributed by atoms with E-state index in [0.29, 0.717) is 43.7 Å². The molecule has 0 atom stereocenters. The van der Waals surface area contributed by atoms with Gasteiger partial charge < -0.3 is 15.5 Å². The molecule has 1 aromatic carbocycles. The Morgan fingerprint density at radius 3 is 2.06 bits per heavy atom. The fourth-order valence-corrected chi connectivity index (χ4v) is 7.00. The smallest absolute Gasteiger partial charge is 0.241 e. The molecular formula is C25H33N3O3. The predicted octanol–water partition coefficient (Wildman–Crippen LogP) is 3.20. The van der Waals surface area contributed by atoms with E-state index >= 15 is 0 Å². The van der Waals surface area contributed by atoms with Crippen LogP contribution < -0.4 is 10.6 Å². The standard InChI is InChI=1S/C25H33N3O3/c29-22(16-26-24(31)25-13-17-10-18(14-25)12-19(11-17)15-25)28-8-6-20(7-9-28)23(30)27-21-4-2-1-3-5-21/h1-5,17-20H,6-16H2,(H,26,31)(H,27,30). The van der Waals surface area contributed by atoms with Crippen LogP contribution in [0.2, 0.25) is 0 Å². The van der Waals surface area contributed by atoms with Crippen LogP contribution in [0.3, 0.4) is 0 Å². The summed E-state index contributed by atoms with van der Waals surface area (Å²) in [5.74, 6) is 2.17. The van der Waals surface area contributed by atoms with Crippen molar-refractivity contribution >= 4 is 23.4 Å². The molecule has 6 heteroatoms. The Morgan fingerprint density at radius 2 is 1.48 bits per heavy atom. The van der Waals surface area contributed by atoms with E-state index in [0.717, 1.165) is 24.9 Å². The zero-order chi connectivity index (χ0) is 21.4. The molecule has 2 N–H and O–H groups in total. The number of carbonyl (C=O) groups excluding carboxylic acids is 3. The Morgan fingerprint density at radius 1 is 0.903 bits per heavy atom. The molecule has 5 aliphatic rings. The summed E-state index contributed by atoms with van der Waals surface area (Å²) in [7, 11) is 0. The van der Waals surface area contributed by atoms with Crippen LogP contribution in [0.15, 0.2) is 30.3 Å². The first-order valence-electron chi connectivity index (χ1n) is 11.9. The average molecular weight is 424 g/mol. The SMILES string of the molecule is O=C(Nc1ccccc1)C1CCN(C(=O)CNC(=O)C23CC4CC(CC(C4)C2)C3)CC1. The second-order valence-electron chi connectivity index (χ2n) is 10.4. The molecule has 3 amide bonds. The molecule has 0 unspecified atom stereocenters. The molecule has 1 aromatic rings. The molecule has 4 aliphatic carbocycles. The maximum atomic E-state index is 13.1. The number of carbonyl (C=O) groups is 3. The summed E-state index contributed by atoms with van der Waals surface area (Å²) in [6.07, 6.45) is 8.28. The molecule has 31 heavy (non-hydrogen) atoms. The number of likely N-dealkylation sites (tertiary alicyclic amines) is 1. The lowest BCUT2D eigenvalue weighted by molar-refractivity contribution is -0.148. The molecule has 166 valence electrons. The second kappa shape index (κ2) is 8.29. The van der Waals surface area contributed by atoms with Gasteiger partial charge in [0.2, 0.25) is 17.7 Å². The van der Waals surface area contributed by atoms with Gasteiger partial charge in [-0.05, 0) is 81.3 Å². The molecule has 1 heterocycles. The summed E-state index contributed by atoms with van der Waals surface area (Å²) < 4.78 is 0. The van der Waals surface area contributed by atoms with Crippen LogP contribution in [-0.2, 0) is 14.4 Å². The number of hydrogen-bond donors (Lipinski definition) is 2. The van der Waals surface area contributed by atoms with Crippen LogP contribution in [0.5, 0.6) is 0 Å². The van der Waals surface area contributed by atoms with Crippen molar-refractivity contribution in [2.45, 2.75) is 51.4 Å². The lowest BCUT2D eigenvalue weighted by atomic mass is 9.49. The summed E-state index contributed by atoms with van der Waals surface area (Å²) in [5.41, 5.74) is 0.593. The average Bonchev–Trinajstić information content (AvgIpc) is 2.77. The van der Waals surface area contributed by atoms with Crippen LogP contribution in [0.25, 0.3) is 0 Å². The molecule has 0 radical (unpaired) electrons. The topological polar surface area (TPSA) is 78.5 Å². The third kappa shape index (κ3) is 4.21. The van der Waals surface area contributed by atoms with Crippen LogP contribution >= 0.6 is 0 Å². The lowest BCUT2D eigenvalue weighted by Crippen LogP contribution is -2.55. The van der Waals surface area contributed by atoms with E-state index in [2.05, 4.69) is 10.6 Å². The van der Waals surface area contributed by atoms with Gasteiger partial charge in [0.15, 0.2) is 0 Å². The molecule has 4 bridgehead atoms. The summed E-state index contributed by atoms with van der Waals surface area (Å²) in [4.78, 5) is 40.1. The number of hydrogen-bond acceptors (Lipinski definition) is 3. The minimum atomic E-state index is -0.211. The molecule has 6 rings (SSSR count). The fraction of sp³-hybridized carbons (Fsp3) is 0.640. The van der Waals surface area contributed by atoms with Gasteiger partial charge in [0, 0.05) is 30.1 Å². The fourth-order valence-electron chi connectivity index (χ4n) is 7.00. The van der Waals surface area contributed by atoms with Crippen molar-refractivity contribution < 1.29 is 14.4 Å². The number of nitrogens with one attached hydrogen (secondary N) is 2. The Balaban J connectivity index is 1.08. The number of nitrogens with zero attached hydrogens (tertiary/aromatic N) is 1. The van der Waals surface area contributed by atoms with Crippen LogP contribution in [0.4, 0.5) is 5.69 Å². The van der Waals surface area contributed by atoms with Gasteiger partial charge in [0.05, 0.1) is 6.54 Å². The van der Waals surface area contributed by atoms with Crippen molar-refractivity contribution in [2.75, 3.05) is 25.0 Å². The largest absolute Gasteiger partial charge is 0.347 e. The Bertz CT molecular complexity index is 810. The zero-order valence-corrected chi connectivity index (χ0v) is 18.1. The molecule has 4 saturated carbocycles. The maximum Gasteiger partial charge on any atom is 0.241 e. The van der Waals surface area contributed by atoms with E-state index in [1.807, 2.05) is 30.3 Å². The molecule has 0 aromatic heterocycles. The predicted molar refractivity (Wildman–Crippen MR) is 118 cm³/mol. The van der Waals surface area contributed by atoms with Gasteiger partial charge in [-0.1, -0.05) is 18.2 Å². The quantitative estimate of drug-likeness (QED) is 0.763. The van der Waals surface area contributed by atoms with Gasteiger partial charge in [-0.2, -0.15) is 0 Å². The van der Waals surface area contributed by atoms with Gasteiger partial charge in [0.25, 0.3) is 0 Å².